The molecule has 0 aliphatic carbocycles. The van der Waals surface area contributed by atoms with Gasteiger partial charge in [-0.2, -0.15) is 0 Å². The summed E-state index contributed by atoms with van der Waals surface area (Å²) >= 11 is 3.58. The van der Waals surface area contributed by atoms with E-state index < -0.39 is 5.60 Å². The Labute approximate surface area is 135 Å². The predicted molar refractivity (Wildman–Crippen MR) is 87.3 cm³/mol. The SMILES string of the molecule is Cc1ccc(CNC2CN(C(=O)OC(C)(C)C)C2)c(Br)c1. The number of carbonyl (C=O) groups is 1. The van der Waals surface area contributed by atoms with Crippen LogP contribution in [0.3, 0.4) is 0 Å². The summed E-state index contributed by atoms with van der Waals surface area (Å²) in [5.41, 5.74) is 2.05. The van der Waals surface area contributed by atoms with E-state index in [-0.39, 0.29) is 6.09 Å². The number of nitrogens with zero attached hydrogens (tertiary/aromatic N) is 1. The Morgan fingerprint density at radius 1 is 1.43 bits per heavy atom. The summed E-state index contributed by atoms with van der Waals surface area (Å²) in [6.45, 7) is 9.94. The average Bonchev–Trinajstić information content (AvgIpc) is 2.27. The molecule has 1 aliphatic rings. The highest BCUT2D eigenvalue weighted by molar-refractivity contribution is 9.10. The van der Waals surface area contributed by atoms with Crippen LogP contribution >= 0.6 is 15.9 Å². The highest BCUT2D eigenvalue weighted by Gasteiger charge is 2.33. The van der Waals surface area contributed by atoms with E-state index in [4.69, 9.17) is 4.74 Å². The Hall–Kier alpha value is -1.07. The van der Waals surface area contributed by atoms with Gasteiger partial charge < -0.3 is 15.0 Å². The number of rotatable bonds is 3. The number of likely N-dealkylation sites (tertiary alicyclic amines) is 1. The van der Waals surface area contributed by atoms with E-state index in [1.807, 2.05) is 20.8 Å². The quantitative estimate of drug-likeness (QED) is 0.903. The van der Waals surface area contributed by atoms with Crippen LogP contribution in [0.2, 0.25) is 0 Å². The Balaban J connectivity index is 1.75. The smallest absolute Gasteiger partial charge is 0.410 e. The summed E-state index contributed by atoms with van der Waals surface area (Å²) in [7, 11) is 0. The lowest BCUT2D eigenvalue weighted by molar-refractivity contribution is 0.00518. The number of halogens is 1. The molecule has 21 heavy (non-hydrogen) atoms. The number of nitrogens with one attached hydrogen (secondary N) is 1. The molecule has 1 saturated heterocycles. The molecule has 1 aromatic rings. The Bertz CT molecular complexity index is 519. The molecule has 0 bridgehead atoms. The zero-order valence-electron chi connectivity index (χ0n) is 13.1. The van der Waals surface area contributed by atoms with Crippen LogP contribution in [0.4, 0.5) is 4.79 Å². The molecular weight excluding hydrogens is 332 g/mol. The largest absolute Gasteiger partial charge is 0.444 e. The molecule has 116 valence electrons. The van der Waals surface area contributed by atoms with Gasteiger partial charge in [-0.25, -0.2) is 4.79 Å². The minimum atomic E-state index is -0.428. The summed E-state index contributed by atoms with van der Waals surface area (Å²) in [5.74, 6) is 0. The summed E-state index contributed by atoms with van der Waals surface area (Å²) in [6, 6.07) is 6.68. The highest BCUT2D eigenvalue weighted by atomic mass is 79.9. The number of hydrogen-bond acceptors (Lipinski definition) is 3. The van der Waals surface area contributed by atoms with E-state index in [0.29, 0.717) is 19.1 Å². The minimum absolute atomic E-state index is 0.225. The van der Waals surface area contributed by atoms with Crippen LogP contribution in [0, 0.1) is 6.92 Å². The number of hydrogen-bond donors (Lipinski definition) is 1. The second-order valence-electron chi connectivity index (χ2n) is 6.56. The lowest BCUT2D eigenvalue weighted by Gasteiger charge is -2.40. The fourth-order valence-corrected chi connectivity index (χ4v) is 2.77. The molecule has 0 unspecified atom stereocenters. The summed E-state index contributed by atoms with van der Waals surface area (Å²) < 4.78 is 6.46. The molecule has 2 rings (SSSR count). The fourth-order valence-electron chi connectivity index (χ4n) is 2.13. The zero-order chi connectivity index (χ0) is 15.6. The average molecular weight is 355 g/mol. The Kier molecular flexibility index (Phi) is 4.94. The normalized spacial score (nSPS) is 15.8. The minimum Gasteiger partial charge on any atom is -0.444 e. The van der Waals surface area contributed by atoms with Crippen molar-refractivity contribution < 1.29 is 9.53 Å². The van der Waals surface area contributed by atoms with Crippen molar-refractivity contribution in [2.45, 2.75) is 45.9 Å². The third kappa shape index (κ3) is 4.71. The molecule has 1 aliphatic heterocycles. The van der Waals surface area contributed by atoms with Crippen molar-refractivity contribution in [1.82, 2.24) is 10.2 Å². The third-order valence-electron chi connectivity index (χ3n) is 3.32. The van der Waals surface area contributed by atoms with Crippen molar-refractivity contribution in [3.8, 4) is 0 Å². The van der Waals surface area contributed by atoms with Crippen LogP contribution in [-0.4, -0.2) is 35.7 Å². The fraction of sp³-hybridized carbons (Fsp3) is 0.562. The van der Waals surface area contributed by atoms with E-state index in [1.165, 1.54) is 11.1 Å². The van der Waals surface area contributed by atoms with Crippen molar-refractivity contribution in [3.63, 3.8) is 0 Å². The van der Waals surface area contributed by atoms with Gasteiger partial charge in [0.2, 0.25) is 0 Å². The van der Waals surface area contributed by atoms with E-state index in [0.717, 1.165) is 11.0 Å². The molecule has 1 aromatic carbocycles. The van der Waals surface area contributed by atoms with Crippen LogP contribution in [-0.2, 0) is 11.3 Å². The van der Waals surface area contributed by atoms with Crippen LogP contribution in [0.15, 0.2) is 22.7 Å². The van der Waals surface area contributed by atoms with Crippen LogP contribution in [0.25, 0.3) is 0 Å². The van der Waals surface area contributed by atoms with Gasteiger partial charge in [-0.15, -0.1) is 0 Å². The number of amides is 1. The van der Waals surface area contributed by atoms with Gasteiger partial charge in [0.1, 0.15) is 5.60 Å². The first-order chi connectivity index (χ1) is 9.74. The second-order valence-corrected chi connectivity index (χ2v) is 7.41. The van der Waals surface area contributed by atoms with Gasteiger partial charge in [0.05, 0.1) is 0 Å². The second kappa shape index (κ2) is 6.36. The zero-order valence-corrected chi connectivity index (χ0v) is 14.7. The van der Waals surface area contributed by atoms with Gasteiger partial charge >= 0.3 is 6.09 Å². The van der Waals surface area contributed by atoms with Crippen molar-refractivity contribution >= 4 is 22.0 Å². The summed E-state index contributed by atoms with van der Waals surface area (Å²) in [5, 5.41) is 3.46. The number of ether oxygens (including phenoxy) is 1. The molecule has 0 radical (unpaired) electrons. The lowest BCUT2D eigenvalue weighted by atomic mass is 10.1. The summed E-state index contributed by atoms with van der Waals surface area (Å²) in [6.07, 6.45) is -0.225. The molecule has 0 aromatic heterocycles. The third-order valence-corrected chi connectivity index (χ3v) is 4.06. The monoisotopic (exact) mass is 354 g/mol. The van der Waals surface area contributed by atoms with Gasteiger partial charge in [-0.05, 0) is 44.9 Å². The van der Waals surface area contributed by atoms with E-state index in [2.05, 4.69) is 46.4 Å². The molecule has 1 amide bonds. The van der Waals surface area contributed by atoms with Crippen molar-refractivity contribution in [1.29, 1.82) is 0 Å². The highest BCUT2D eigenvalue weighted by Crippen LogP contribution is 2.19. The molecule has 1 N–H and O–H groups in total. The Morgan fingerprint density at radius 2 is 2.10 bits per heavy atom. The topological polar surface area (TPSA) is 41.6 Å². The maximum absolute atomic E-state index is 11.8. The maximum Gasteiger partial charge on any atom is 0.410 e. The van der Waals surface area contributed by atoms with Gasteiger partial charge in [-0.3, -0.25) is 0 Å². The van der Waals surface area contributed by atoms with E-state index >= 15 is 0 Å². The number of aryl methyl sites for hydroxylation is 1. The van der Waals surface area contributed by atoms with Crippen molar-refractivity contribution in [2.75, 3.05) is 13.1 Å². The van der Waals surface area contributed by atoms with Gasteiger partial charge in [0.25, 0.3) is 0 Å². The first-order valence-electron chi connectivity index (χ1n) is 7.21. The lowest BCUT2D eigenvalue weighted by Crippen LogP contribution is -2.60. The molecule has 1 heterocycles. The van der Waals surface area contributed by atoms with Crippen LogP contribution < -0.4 is 5.32 Å². The van der Waals surface area contributed by atoms with Crippen molar-refractivity contribution in [3.05, 3.63) is 33.8 Å². The van der Waals surface area contributed by atoms with Crippen LogP contribution in [0.5, 0.6) is 0 Å². The molecule has 1 fully saturated rings. The molecule has 0 saturated carbocycles. The van der Waals surface area contributed by atoms with E-state index in [9.17, 15) is 4.79 Å². The van der Waals surface area contributed by atoms with Crippen LogP contribution in [0.1, 0.15) is 31.9 Å². The van der Waals surface area contributed by atoms with Gasteiger partial charge in [0, 0.05) is 30.1 Å². The molecule has 4 nitrogen and oxygen atoms in total. The Morgan fingerprint density at radius 3 is 2.67 bits per heavy atom. The van der Waals surface area contributed by atoms with Crippen molar-refractivity contribution in [2.24, 2.45) is 0 Å². The van der Waals surface area contributed by atoms with Gasteiger partial charge in [0.15, 0.2) is 0 Å². The first-order valence-corrected chi connectivity index (χ1v) is 8.00. The molecular formula is C16H23BrN2O2. The maximum atomic E-state index is 11.8. The van der Waals surface area contributed by atoms with Gasteiger partial charge in [-0.1, -0.05) is 28.1 Å². The molecule has 0 atom stereocenters. The summed E-state index contributed by atoms with van der Waals surface area (Å²) in [4.78, 5) is 13.6. The molecule has 5 heteroatoms. The molecule has 0 spiro atoms. The predicted octanol–water partition coefficient (Wildman–Crippen LogP) is 3.47. The number of carbonyl (C=O) groups excluding carboxylic acids is 1. The van der Waals surface area contributed by atoms with E-state index in [1.54, 1.807) is 4.90 Å². The first kappa shape index (κ1) is 16.3. The standard InChI is InChI=1S/C16H23BrN2O2/c1-11-5-6-12(14(17)7-11)8-18-13-9-19(10-13)15(20)21-16(2,3)4/h5-7,13,18H,8-10H2,1-4H3. The number of benzene rings is 1.